The SMILES string of the molecule is CCCC1=CCC([Si](c2cc(C(C)(C)C)cc(C(C)(C)C)c2)(c2cc(C(C)(C)C)cc(C(C)(C)C)c2)c2cc(C(C)(C)C)cc(C(C)(C)C)c2)=[C]1[Ti+3].[Cl-].[Cl-].[Cl-]. The second kappa shape index (κ2) is 17.7. The van der Waals surface area contributed by atoms with E-state index < -0.39 is 8.07 Å². The van der Waals surface area contributed by atoms with E-state index >= 15 is 0 Å². The van der Waals surface area contributed by atoms with Crippen molar-refractivity contribution in [1.82, 2.24) is 0 Å². The van der Waals surface area contributed by atoms with Crippen molar-refractivity contribution in [2.75, 3.05) is 0 Å². The van der Waals surface area contributed by atoms with Gasteiger partial charge in [0, 0.05) is 0 Å². The largest absolute Gasteiger partial charge is 1.00 e. The summed E-state index contributed by atoms with van der Waals surface area (Å²) in [6, 6.07) is 23.6. The van der Waals surface area contributed by atoms with Crippen LogP contribution in [0.2, 0.25) is 0 Å². The standard InChI is InChI=1S/C50H73Si.3ClH.Ti/c1-20-21-34-22-23-41(24-34)51(42-28-35(45(2,3)4)25-36(29-42)46(5,6)7,43-30-37(47(8,9)10)26-38(31-43)48(11,12)13)44-32-39(49(14,15)16)27-40(33-44)50(17,18)19;;;;/h22,25-33H,20-21,23H2,1-19H3;3*1H;/q;;;;+3/p-3. The molecule has 0 aliphatic heterocycles. The van der Waals surface area contributed by atoms with Crippen LogP contribution < -0.4 is 52.8 Å². The van der Waals surface area contributed by atoms with Gasteiger partial charge in [-0.25, -0.2) is 0 Å². The summed E-state index contributed by atoms with van der Waals surface area (Å²) in [5.74, 6) is 0. The Morgan fingerprint density at radius 3 is 0.873 bits per heavy atom. The van der Waals surface area contributed by atoms with E-state index in [-0.39, 0.29) is 69.7 Å². The Hall–Kier alpha value is -1.06. The fraction of sp³-hybridized carbons (Fsp3) is 0.560. The number of hydrogen-bond donors (Lipinski definition) is 0. The maximum absolute atomic E-state index is 2.96. The summed E-state index contributed by atoms with van der Waals surface area (Å²) in [5, 5.41) is 6.31. The molecule has 0 saturated carbocycles. The minimum Gasteiger partial charge on any atom is -1.00 e. The van der Waals surface area contributed by atoms with E-state index in [1.165, 1.54) is 39.8 Å². The van der Waals surface area contributed by atoms with Gasteiger partial charge in [-0.3, -0.25) is 0 Å². The molecule has 3 aromatic carbocycles. The molecule has 0 fully saturated rings. The fourth-order valence-corrected chi connectivity index (χ4v) is 14.2. The Labute approximate surface area is 370 Å². The molecular formula is C50H73Cl3SiTi. The quantitative estimate of drug-likeness (QED) is 0.264. The Kier molecular flexibility index (Phi) is 16.7. The van der Waals surface area contributed by atoms with Crippen molar-refractivity contribution in [3.63, 3.8) is 0 Å². The van der Waals surface area contributed by atoms with Crippen LogP contribution in [0.4, 0.5) is 0 Å². The zero-order chi connectivity index (χ0) is 39.6. The summed E-state index contributed by atoms with van der Waals surface area (Å²) in [4.78, 5) is 0. The maximum Gasteiger partial charge on any atom is -1.00 e. The summed E-state index contributed by atoms with van der Waals surface area (Å²) in [6.07, 6.45) is 5.93. The van der Waals surface area contributed by atoms with Crippen molar-refractivity contribution >= 4 is 23.6 Å². The fourth-order valence-electron chi connectivity index (χ4n) is 7.61. The van der Waals surface area contributed by atoms with E-state index in [0.29, 0.717) is 0 Å². The van der Waals surface area contributed by atoms with Gasteiger partial charge < -0.3 is 37.2 Å². The average molecular weight is 856 g/mol. The van der Waals surface area contributed by atoms with E-state index in [1.54, 1.807) is 30.2 Å². The molecule has 0 heterocycles. The zero-order valence-electron chi connectivity index (χ0n) is 38.0. The van der Waals surface area contributed by atoms with E-state index in [9.17, 15) is 0 Å². The molecule has 0 spiro atoms. The van der Waals surface area contributed by atoms with E-state index in [1.807, 2.05) is 0 Å². The first-order valence-electron chi connectivity index (χ1n) is 20.1. The molecule has 0 unspecified atom stereocenters. The second-order valence-corrected chi connectivity index (χ2v) is 26.8. The molecule has 0 nitrogen and oxygen atoms in total. The molecule has 1 aliphatic carbocycles. The molecule has 302 valence electrons. The number of benzene rings is 3. The molecule has 4 rings (SSSR count). The van der Waals surface area contributed by atoms with Crippen LogP contribution in [0.3, 0.4) is 0 Å². The van der Waals surface area contributed by atoms with Gasteiger partial charge in [0.2, 0.25) is 0 Å². The van der Waals surface area contributed by atoms with Crippen LogP contribution >= 0.6 is 0 Å². The first-order valence-corrected chi connectivity index (χ1v) is 22.8. The molecule has 0 radical (unpaired) electrons. The monoisotopic (exact) mass is 854 g/mol. The smallest absolute Gasteiger partial charge is 1.00 e. The Morgan fingerprint density at radius 1 is 0.436 bits per heavy atom. The molecule has 1 aliphatic rings. The first kappa shape index (κ1) is 52.0. The second-order valence-electron chi connectivity index (χ2n) is 22.2. The Balaban J connectivity index is 0.00000504. The summed E-state index contributed by atoms with van der Waals surface area (Å²) in [7, 11) is -2.96. The number of halogens is 3. The van der Waals surface area contributed by atoms with Gasteiger partial charge in [0.15, 0.2) is 0 Å². The van der Waals surface area contributed by atoms with Crippen LogP contribution in [0.1, 0.15) is 184 Å². The van der Waals surface area contributed by atoms with Gasteiger partial charge in [0.1, 0.15) is 0 Å². The Bertz CT molecular complexity index is 1590. The van der Waals surface area contributed by atoms with Gasteiger partial charge in [0.05, 0.1) is 0 Å². The van der Waals surface area contributed by atoms with Gasteiger partial charge in [-0.2, -0.15) is 0 Å². The van der Waals surface area contributed by atoms with Crippen LogP contribution in [0.5, 0.6) is 0 Å². The normalized spacial score (nSPS) is 14.6. The topological polar surface area (TPSA) is 0 Å². The molecule has 5 heteroatoms. The van der Waals surface area contributed by atoms with Gasteiger partial charge in [0.25, 0.3) is 0 Å². The van der Waals surface area contributed by atoms with E-state index in [2.05, 4.69) is 213 Å². The minimum atomic E-state index is -2.96. The van der Waals surface area contributed by atoms with Crippen molar-refractivity contribution in [1.29, 1.82) is 0 Å². The van der Waals surface area contributed by atoms with Gasteiger partial charge >= 0.3 is 336 Å². The zero-order valence-corrected chi connectivity index (χ0v) is 42.9. The third kappa shape index (κ3) is 11.2. The summed E-state index contributed by atoms with van der Waals surface area (Å²) >= 11 is 2.47. The number of hydrogen-bond acceptors (Lipinski definition) is 0. The molecule has 0 atom stereocenters. The van der Waals surface area contributed by atoms with E-state index in [0.717, 1.165) is 12.8 Å². The molecule has 0 saturated heterocycles. The molecule has 0 amide bonds. The average Bonchev–Trinajstić information content (AvgIpc) is 3.34. The van der Waals surface area contributed by atoms with Gasteiger partial charge in [-0.15, -0.1) is 0 Å². The number of rotatable bonds is 6. The minimum absolute atomic E-state index is 0. The third-order valence-electron chi connectivity index (χ3n) is 11.4. The molecule has 0 aromatic heterocycles. The summed E-state index contributed by atoms with van der Waals surface area (Å²) in [6.45, 7) is 45.6. The molecule has 55 heavy (non-hydrogen) atoms. The third-order valence-corrected chi connectivity index (χ3v) is 17.6. The van der Waals surface area contributed by atoms with Gasteiger partial charge in [-0.1, -0.05) is 0 Å². The van der Waals surface area contributed by atoms with Crippen LogP contribution in [0, 0.1) is 0 Å². The van der Waals surface area contributed by atoms with Crippen LogP contribution in [0.25, 0.3) is 0 Å². The predicted octanol–water partition coefficient (Wildman–Crippen LogP) is 3.42. The van der Waals surface area contributed by atoms with Crippen LogP contribution in [0.15, 0.2) is 75.3 Å². The maximum atomic E-state index is 2.67. The van der Waals surface area contributed by atoms with Crippen molar-refractivity contribution < 1.29 is 57.7 Å². The van der Waals surface area contributed by atoms with Crippen LogP contribution in [-0.2, 0) is 52.9 Å². The molecular weight excluding hydrogens is 783 g/mol. The Morgan fingerprint density at radius 2 is 0.673 bits per heavy atom. The summed E-state index contributed by atoms with van der Waals surface area (Å²) in [5.41, 5.74) is 10.3. The van der Waals surface area contributed by atoms with Crippen molar-refractivity contribution in [2.24, 2.45) is 0 Å². The molecule has 0 bridgehead atoms. The van der Waals surface area contributed by atoms with E-state index in [4.69, 9.17) is 0 Å². The molecule has 0 N–H and O–H groups in total. The summed E-state index contributed by atoms with van der Waals surface area (Å²) < 4.78 is 1.55. The van der Waals surface area contributed by atoms with Crippen LogP contribution in [-0.4, -0.2) is 8.07 Å². The van der Waals surface area contributed by atoms with Crippen molar-refractivity contribution in [2.45, 2.75) is 183 Å². The van der Waals surface area contributed by atoms with Crippen molar-refractivity contribution in [3.05, 3.63) is 109 Å². The first-order chi connectivity index (χ1) is 23.4. The van der Waals surface area contributed by atoms with Gasteiger partial charge in [-0.05, 0) is 0 Å². The van der Waals surface area contributed by atoms with Crippen molar-refractivity contribution in [3.8, 4) is 0 Å². The molecule has 3 aromatic rings. The predicted molar refractivity (Wildman–Crippen MR) is 231 cm³/mol. The number of allylic oxidation sites excluding steroid dienone is 4.